The minimum absolute atomic E-state index is 0.117. The van der Waals surface area contributed by atoms with E-state index in [2.05, 4.69) is 10.2 Å². The van der Waals surface area contributed by atoms with E-state index in [1.165, 1.54) is 20.0 Å². The molecule has 4 unspecified atom stereocenters. The van der Waals surface area contributed by atoms with Crippen LogP contribution in [0.4, 0.5) is 0 Å². The fourth-order valence-electron chi connectivity index (χ4n) is 3.99. The van der Waals surface area contributed by atoms with E-state index in [0.717, 1.165) is 32.4 Å². The third-order valence-electron chi connectivity index (χ3n) is 5.13. The number of likely N-dealkylation sites (N-methyl/N-ethyl adjacent to an activating group) is 1. The molecule has 0 aromatic rings. The average Bonchev–Trinajstić information content (AvgIpc) is 3.02. The van der Waals surface area contributed by atoms with Crippen molar-refractivity contribution in [3.8, 4) is 0 Å². The Balaban J connectivity index is 1.66. The molecule has 0 spiro atoms. The topological polar surface area (TPSA) is 50.8 Å². The Kier molecular flexibility index (Phi) is 3.53. The van der Waals surface area contributed by atoms with Crippen LogP contribution in [0.3, 0.4) is 0 Å². The molecule has 2 saturated heterocycles. The van der Waals surface area contributed by atoms with Gasteiger partial charge in [-0.15, -0.1) is 0 Å². The average molecular weight is 268 g/mol. The lowest BCUT2D eigenvalue weighted by atomic mass is 9.97. The quantitative estimate of drug-likeness (QED) is 0.757. The number of likely N-dealkylation sites (tertiary alicyclic amines) is 1. The maximum absolute atomic E-state index is 12.0. The fraction of sp³-hybridized carbons (Fsp3) is 0.929. The molecule has 0 radical (unpaired) electrons. The van der Waals surface area contributed by atoms with Crippen LogP contribution in [0.15, 0.2) is 0 Å². The molecule has 108 valence electrons. The Morgan fingerprint density at radius 3 is 2.58 bits per heavy atom. The summed E-state index contributed by atoms with van der Waals surface area (Å²) in [5.74, 6) is -0.117. The summed E-state index contributed by atoms with van der Waals surface area (Å²) < 4.78 is 10.9. The van der Waals surface area contributed by atoms with Crippen molar-refractivity contribution in [1.82, 2.24) is 10.2 Å². The van der Waals surface area contributed by atoms with Crippen molar-refractivity contribution < 1.29 is 14.3 Å². The number of ether oxygens (including phenoxy) is 2. The lowest BCUT2D eigenvalue weighted by Crippen LogP contribution is -2.52. The van der Waals surface area contributed by atoms with Crippen LogP contribution in [-0.4, -0.2) is 61.9 Å². The number of methoxy groups -OCH3 is 1. The van der Waals surface area contributed by atoms with Crippen LogP contribution in [0.2, 0.25) is 0 Å². The fourth-order valence-corrected chi connectivity index (χ4v) is 3.99. The minimum Gasteiger partial charge on any atom is -0.468 e. The molecule has 1 N–H and O–H groups in total. The molecule has 2 heterocycles. The molecule has 2 aliphatic heterocycles. The molecule has 0 aromatic heterocycles. The van der Waals surface area contributed by atoms with E-state index in [9.17, 15) is 4.79 Å². The number of fused-ring (bicyclic) bond motifs is 2. The second-order valence-corrected chi connectivity index (χ2v) is 6.13. The zero-order valence-corrected chi connectivity index (χ0v) is 11.9. The van der Waals surface area contributed by atoms with E-state index < -0.39 is 5.54 Å². The molecule has 2 bridgehead atoms. The Morgan fingerprint density at radius 2 is 2.00 bits per heavy atom. The van der Waals surface area contributed by atoms with Gasteiger partial charge in [0.05, 0.1) is 19.3 Å². The molecule has 5 nitrogen and oxygen atoms in total. The molecule has 1 saturated carbocycles. The maximum atomic E-state index is 12.0. The molecule has 0 amide bonds. The number of rotatable bonds is 3. The van der Waals surface area contributed by atoms with Crippen molar-refractivity contribution in [2.45, 2.75) is 55.9 Å². The van der Waals surface area contributed by atoms with Crippen LogP contribution >= 0.6 is 0 Å². The van der Waals surface area contributed by atoms with Gasteiger partial charge in [-0.25, -0.2) is 0 Å². The largest absolute Gasteiger partial charge is 0.468 e. The van der Waals surface area contributed by atoms with Crippen LogP contribution in [0.1, 0.15) is 32.1 Å². The summed E-state index contributed by atoms with van der Waals surface area (Å²) in [4.78, 5) is 14.5. The normalized spacial score (nSPS) is 42.5. The number of carbonyl (C=O) groups excluding carboxylic acids is 1. The number of hydrogen-bond donors (Lipinski definition) is 1. The monoisotopic (exact) mass is 268 g/mol. The van der Waals surface area contributed by atoms with Crippen LogP contribution in [-0.2, 0) is 14.3 Å². The zero-order valence-electron chi connectivity index (χ0n) is 11.9. The molecule has 1 aliphatic carbocycles. The highest BCUT2D eigenvalue weighted by Gasteiger charge is 2.48. The van der Waals surface area contributed by atoms with Crippen molar-refractivity contribution in [2.75, 3.05) is 27.2 Å². The van der Waals surface area contributed by atoms with E-state index in [1.807, 2.05) is 7.05 Å². The lowest BCUT2D eigenvalue weighted by molar-refractivity contribution is -0.148. The first-order chi connectivity index (χ1) is 9.16. The van der Waals surface area contributed by atoms with Crippen molar-refractivity contribution in [3.05, 3.63) is 0 Å². The molecule has 4 atom stereocenters. The number of hydrogen-bond acceptors (Lipinski definition) is 5. The molecule has 3 fully saturated rings. The standard InChI is InChI=1S/C14H24N2O3/c1-15-14(13(17)18-2)6-5-10(7-14)16-8-11-3-4-12(9-16)19-11/h10-12,15H,3-9H2,1-2H3. The van der Waals surface area contributed by atoms with E-state index in [4.69, 9.17) is 9.47 Å². The second kappa shape index (κ2) is 5.04. The zero-order chi connectivity index (χ0) is 13.5. The van der Waals surface area contributed by atoms with Gasteiger partial charge in [-0.1, -0.05) is 0 Å². The molecule has 3 rings (SSSR count). The van der Waals surface area contributed by atoms with Crippen LogP contribution < -0.4 is 5.32 Å². The highest BCUT2D eigenvalue weighted by molar-refractivity contribution is 5.81. The summed E-state index contributed by atoms with van der Waals surface area (Å²) in [5, 5.41) is 3.20. The first kappa shape index (κ1) is 13.3. The lowest BCUT2D eigenvalue weighted by Gasteiger charge is -2.37. The van der Waals surface area contributed by atoms with Gasteiger partial charge in [0.2, 0.25) is 0 Å². The van der Waals surface area contributed by atoms with E-state index in [0.29, 0.717) is 18.2 Å². The molecular formula is C14H24N2O3. The smallest absolute Gasteiger partial charge is 0.326 e. The van der Waals surface area contributed by atoms with Gasteiger partial charge in [0.15, 0.2) is 0 Å². The van der Waals surface area contributed by atoms with Crippen molar-refractivity contribution in [3.63, 3.8) is 0 Å². The summed E-state index contributed by atoms with van der Waals surface area (Å²) in [6.07, 6.45) is 6.02. The van der Waals surface area contributed by atoms with Gasteiger partial charge >= 0.3 is 5.97 Å². The predicted molar refractivity (Wildman–Crippen MR) is 70.9 cm³/mol. The second-order valence-electron chi connectivity index (χ2n) is 6.13. The summed E-state index contributed by atoms with van der Waals surface area (Å²) in [6, 6.07) is 0.485. The molecular weight excluding hydrogens is 244 g/mol. The van der Waals surface area contributed by atoms with Gasteiger partial charge in [-0.2, -0.15) is 0 Å². The van der Waals surface area contributed by atoms with Gasteiger partial charge < -0.3 is 14.8 Å². The number of nitrogens with one attached hydrogen (secondary N) is 1. The summed E-state index contributed by atoms with van der Waals surface area (Å²) in [5.41, 5.74) is -0.475. The predicted octanol–water partition coefficient (Wildman–Crippen LogP) is 0.533. The van der Waals surface area contributed by atoms with Crippen molar-refractivity contribution in [2.24, 2.45) is 0 Å². The molecule has 3 aliphatic rings. The third kappa shape index (κ3) is 2.28. The molecule has 5 heteroatoms. The van der Waals surface area contributed by atoms with Gasteiger partial charge in [0.1, 0.15) is 5.54 Å². The molecule has 19 heavy (non-hydrogen) atoms. The maximum Gasteiger partial charge on any atom is 0.326 e. The van der Waals surface area contributed by atoms with Gasteiger partial charge in [-0.3, -0.25) is 9.69 Å². The highest BCUT2D eigenvalue weighted by atomic mass is 16.5. The summed E-state index contributed by atoms with van der Waals surface area (Å²) in [7, 11) is 3.34. The van der Waals surface area contributed by atoms with E-state index >= 15 is 0 Å². The number of nitrogens with zero attached hydrogens (tertiary/aromatic N) is 1. The Morgan fingerprint density at radius 1 is 1.32 bits per heavy atom. The molecule has 0 aromatic carbocycles. The van der Waals surface area contributed by atoms with E-state index in [-0.39, 0.29) is 5.97 Å². The highest BCUT2D eigenvalue weighted by Crippen LogP contribution is 2.37. The summed E-state index contributed by atoms with van der Waals surface area (Å²) >= 11 is 0. The third-order valence-corrected chi connectivity index (χ3v) is 5.13. The number of morpholine rings is 1. The first-order valence-corrected chi connectivity index (χ1v) is 7.34. The van der Waals surface area contributed by atoms with E-state index in [1.54, 1.807) is 0 Å². The number of esters is 1. The first-order valence-electron chi connectivity index (χ1n) is 7.34. The number of carbonyl (C=O) groups is 1. The Labute approximate surface area is 114 Å². The van der Waals surface area contributed by atoms with Crippen LogP contribution in [0.5, 0.6) is 0 Å². The van der Waals surface area contributed by atoms with Crippen LogP contribution in [0, 0.1) is 0 Å². The minimum atomic E-state index is -0.475. The van der Waals surface area contributed by atoms with Crippen molar-refractivity contribution >= 4 is 5.97 Å². The van der Waals surface area contributed by atoms with Gasteiger partial charge in [0, 0.05) is 19.1 Å². The Bertz CT molecular complexity index is 351. The van der Waals surface area contributed by atoms with Crippen LogP contribution in [0.25, 0.3) is 0 Å². The van der Waals surface area contributed by atoms with Crippen molar-refractivity contribution in [1.29, 1.82) is 0 Å². The van der Waals surface area contributed by atoms with Gasteiger partial charge in [0.25, 0.3) is 0 Å². The Hall–Kier alpha value is -0.650. The SMILES string of the molecule is CNC1(C(=O)OC)CCC(N2CC3CCC(C2)O3)C1. The van der Waals surface area contributed by atoms with Gasteiger partial charge in [-0.05, 0) is 39.2 Å². The summed E-state index contributed by atoms with van der Waals surface area (Å²) in [6.45, 7) is 2.06.